The van der Waals surface area contributed by atoms with Gasteiger partial charge in [0.05, 0.1) is 18.0 Å². The second kappa shape index (κ2) is 6.51. The van der Waals surface area contributed by atoms with Crippen molar-refractivity contribution < 1.29 is 14.3 Å². The summed E-state index contributed by atoms with van der Waals surface area (Å²) in [5, 5.41) is 0. The molecule has 6 heteroatoms. The molecule has 0 bridgehead atoms. The summed E-state index contributed by atoms with van der Waals surface area (Å²) in [6.45, 7) is 9.00. The van der Waals surface area contributed by atoms with Crippen molar-refractivity contribution in [3.8, 4) is 5.75 Å². The number of amides is 2. The van der Waals surface area contributed by atoms with Gasteiger partial charge in [-0.05, 0) is 62.9 Å². The smallest absolute Gasteiger partial charge is 0.269 e. The van der Waals surface area contributed by atoms with E-state index in [2.05, 4.69) is 26.8 Å². The van der Waals surface area contributed by atoms with Gasteiger partial charge in [-0.3, -0.25) is 14.5 Å². The number of benzene rings is 2. The van der Waals surface area contributed by atoms with Crippen LogP contribution < -0.4 is 14.5 Å². The van der Waals surface area contributed by atoms with E-state index in [0.717, 1.165) is 29.1 Å². The van der Waals surface area contributed by atoms with Crippen molar-refractivity contribution >= 4 is 35.0 Å². The number of thioether (sulfide) groups is 1. The minimum absolute atomic E-state index is 0.00779. The highest BCUT2D eigenvalue weighted by molar-refractivity contribution is 8.02. The van der Waals surface area contributed by atoms with Gasteiger partial charge in [-0.25, -0.2) is 0 Å². The quantitative estimate of drug-likeness (QED) is 0.722. The fourth-order valence-electron chi connectivity index (χ4n) is 5.39. The fraction of sp³-hybridized carbons (Fsp3) is 0.417. The van der Waals surface area contributed by atoms with Crippen molar-refractivity contribution in [1.82, 2.24) is 0 Å². The molecule has 3 aliphatic rings. The Kier molecular flexibility index (Phi) is 4.23. The van der Waals surface area contributed by atoms with Crippen LogP contribution in [0.3, 0.4) is 0 Å². The first-order chi connectivity index (χ1) is 14.3. The molecule has 0 N–H and O–H groups in total. The van der Waals surface area contributed by atoms with Gasteiger partial charge in [0.1, 0.15) is 5.75 Å². The molecule has 2 aromatic rings. The van der Waals surface area contributed by atoms with Crippen molar-refractivity contribution in [2.75, 3.05) is 22.2 Å². The Balaban J connectivity index is 1.70. The lowest BCUT2D eigenvalue weighted by Crippen LogP contribution is -2.56. The molecule has 0 aliphatic carbocycles. The topological polar surface area (TPSA) is 49.9 Å². The normalized spacial score (nSPS) is 26.5. The van der Waals surface area contributed by atoms with Crippen LogP contribution in [0.1, 0.15) is 51.2 Å². The van der Waals surface area contributed by atoms with Crippen LogP contribution in [0.15, 0.2) is 42.5 Å². The third-order valence-corrected chi connectivity index (χ3v) is 7.85. The van der Waals surface area contributed by atoms with Gasteiger partial charge < -0.3 is 9.64 Å². The summed E-state index contributed by atoms with van der Waals surface area (Å²) in [7, 11) is 0. The summed E-state index contributed by atoms with van der Waals surface area (Å²) in [5.74, 6) is 1.35. The molecule has 0 radical (unpaired) electrons. The molecule has 0 aromatic heterocycles. The molecule has 5 nitrogen and oxygen atoms in total. The molecule has 156 valence electrons. The summed E-state index contributed by atoms with van der Waals surface area (Å²) in [5.41, 5.74) is 3.56. The molecule has 0 saturated carbocycles. The lowest BCUT2D eigenvalue weighted by atomic mass is 9.80. The number of rotatable bonds is 3. The van der Waals surface area contributed by atoms with E-state index < -0.39 is 4.87 Å². The van der Waals surface area contributed by atoms with E-state index in [0.29, 0.717) is 12.5 Å². The highest BCUT2D eigenvalue weighted by Gasteiger charge is 2.64. The van der Waals surface area contributed by atoms with E-state index in [1.807, 2.05) is 48.2 Å². The minimum atomic E-state index is -1.04. The van der Waals surface area contributed by atoms with Gasteiger partial charge in [0.2, 0.25) is 10.8 Å². The van der Waals surface area contributed by atoms with Crippen LogP contribution in [-0.2, 0) is 14.5 Å². The third-order valence-electron chi connectivity index (χ3n) is 6.47. The number of para-hydroxylation sites is 1. The maximum absolute atomic E-state index is 14.1. The highest BCUT2D eigenvalue weighted by Crippen LogP contribution is 2.61. The summed E-state index contributed by atoms with van der Waals surface area (Å²) < 4.78 is 5.56. The molecule has 3 aliphatic heterocycles. The van der Waals surface area contributed by atoms with Crippen LogP contribution in [0.4, 0.5) is 11.4 Å². The summed E-state index contributed by atoms with van der Waals surface area (Å²) in [6, 6.07) is 13.7. The number of fused-ring (bicyclic) bond motifs is 1. The van der Waals surface area contributed by atoms with Gasteiger partial charge in [-0.2, -0.15) is 0 Å². The van der Waals surface area contributed by atoms with E-state index >= 15 is 0 Å². The van der Waals surface area contributed by atoms with E-state index in [1.165, 1.54) is 17.3 Å². The molecule has 1 saturated heterocycles. The molecular weight excluding hydrogens is 396 g/mol. The number of anilines is 2. The lowest BCUT2D eigenvalue weighted by Gasteiger charge is -2.44. The molecule has 3 heterocycles. The maximum Gasteiger partial charge on any atom is 0.269 e. The molecule has 1 fully saturated rings. The van der Waals surface area contributed by atoms with E-state index in [-0.39, 0.29) is 23.1 Å². The molecule has 0 unspecified atom stereocenters. The molecule has 1 spiro atoms. The predicted molar refractivity (Wildman–Crippen MR) is 120 cm³/mol. The zero-order chi connectivity index (χ0) is 21.3. The number of carbonyl (C=O) groups excluding carboxylic acids is 2. The van der Waals surface area contributed by atoms with Crippen molar-refractivity contribution in [3.63, 3.8) is 0 Å². The molecule has 30 heavy (non-hydrogen) atoms. The average Bonchev–Trinajstić information content (AvgIpc) is 3.18. The first-order valence-electron chi connectivity index (χ1n) is 10.5. The van der Waals surface area contributed by atoms with E-state index in [1.54, 1.807) is 4.90 Å². The molecule has 2 aromatic carbocycles. The first kappa shape index (κ1) is 19.5. The van der Waals surface area contributed by atoms with Crippen molar-refractivity contribution in [1.29, 1.82) is 0 Å². The van der Waals surface area contributed by atoms with Gasteiger partial charge >= 0.3 is 0 Å². The zero-order valence-electron chi connectivity index (χ0n) is 17.8. The number of ether oxygens (including phenoxy) is 1. The Morgan fingerprint density at radius 3 is 2.53 bits per heavy atom. The number of nitrogens with zero attached hydrogens (tertiary/aromatic N) is 2. The van der Waals surface area contributed by atoms with Crippen LogP contribution in [0, 0.1) is 0 Å². The van der Waals surface area contributed by atoms with Crippen LogP contribution in [-0.4, -0.2) is 29.7 Å². The van der Waals surface area contributed by atoms with Gasteiger partial charge in [-0.15, -0.1) is 11.8 Å². The van der Waals surface area contributed by atoms with Gasteiger partial charge in [0, 0.05) is 16.8 Å². The monoisotopic (exact) mass is 422 g/mol. The molecule has 5 rings (SSSR count). The largest absolute Gasteiger partial charge is 0.494 e. The van der Waals surface area contributed by atoms with Gasteiger partial charge in [0.15, 0.2) is 0 Å². The number of hydrogen-bond acceptors (Lipinski definition) is 4. The fourth-order valence-corrected chi connectivity index (χ4v) is 6.72. The summed E-state index contributed by atoms with van der Waals surface area (Å²) >= 11 is 1.44. The predicted octanol–water partition coefficient (Wildman–Crippen LogP) is 4.65. The summed E-state index contributed by atoms with van der Waals surface area (Å²) in [6.07, 6.45) is 0.896. The zero-order valence-corrected chi connectivity index (χ0v) is 18.6. The second-order valence-electron chi connectivity index (χ2n) is 8.89. The highest BCUT2D eigenvalue weighted by atomic mass is 32.2. The molecule has 2 atom stereocenters. The molecular formula is C24H26N2O3S. The van der Waals surface area contributed by atoms with Crippen molar-refractivity contribution in [3.05, 3.63) is 53.6 Å². The van der Waals surface area contributed by atoms with Gasteiger partial charge in [-0.1, -0.05) is 25.1 Å². The standard InChI is InChI=1S/C24H26N2O3S/c1-5-29-17-11-9-16(10-12-17)25-20(27)14-30-24(25)19-8-6-7-18-15(2)13-23(3,4)26(21(18)19)22(24)28/h6-12,15H,5,13-14H2,1-4H3/t15-,24+/m1/s1. The molecule has 2 amide bonds. The minimum Gasteiger partial charge on any atom is -0.494 e. The lowest BCUT2D eigenvalue weighted by molar-refractivity contribution is -0.124. The Bertz CT molecular complexity index is 1050. The Hall–Kier alpha value is -2.47. The van der Waals surface area contributed by atoms with Gasteiger partial charge in [0.25, 0.3) is 5.91 Å². The van der Waals surface area contributed by atoms with Crippen LogP contribution >= 0.6 is 11.8 Å². The van der Waals surface area contributed by atoms with Crippen molar-refractivity contribution in [2.24, 2.45) is 0 Å². The maximum atomic E-state index is 14.1. The van der Waals surface area contributed by atoms with Crippen LogP contribution in [0.2, 0.25) is 0 Å². The van der Waals surface area contributed by atoms with Crippen LogP contribution in [0.5, 0.6) is 5.75 Å². The number of hydrogen-bond donors (Lipinski definition) is 0. The average molecular weight is 423 g/mol. The Labute approximate surface area is 181 Å². The second-order valence-corrected chi connectivity index (χ2v) is 10.1. The summed E-state index contributed by atoms with van der Waals surface area (Å²) in [4.78, 5) is 29.9. The first-order valence-corrected chi connectivity index (χ1v) is 11.5. The third kappa shape index (κ3) is 2.43. The SMILES string of the molecule is CCOc1ccc(N2C(=O)CS[C@@]23C(=O)N2c4c(cccc43)[C@H](C)CC2(C)C)cc1. The Morgan fingerprint density at radius 1 is 1.10 bits per heavy atom. The van der Waals surface area contributed by atoms with E-state index in [9.17, 15) is 9.59 Å². The van der Waals surface area contributed by atoms with Crippen LogP contribution in [0.25, 0.3) is 0 Å². The van der Waals surface area contributed by atoms with Crippen molar-refractivity contribution in [2.45, 2.75) is 50.4 Å². The van der Waals surface area contributed by atoms with E-state index in [4.69, 9.17) is 4.74 Å². The Morgan fingerprint density at radius 2 is 1.83 bits per heavy atom. The number of carbonyl (C=O) groups is 2.